The highest BCUT2D eigenvalue weighted by atomic mass is 14.5. The van der Waals surface area contributed by atoms with Gasteiger partial charge in [-0.05, 0) is 18.9 Å². The van der Waals surface area contributed by atoms with E-state index in [0.29, 0.717) is 12.1 Å². The summed E-state index contributed by atoms with van der Waals surface area (Å²) in [6, 6.07) is 10.3. The van der Waals surface area contributed by atoms with Crippen molar-refractivity contribution in [1.82, 2.24) is 0 Å². The maximum Gasteiger partial charge on any atom is 0.0957 e. The molecule has 1 rings (SSSR count). The van der Waals surface area contributed by atoms with Crippen molar-refractivity contribution < 1.29 is 0 Å². The van der Waals surface area contributed by atoms with Gasteiger partial charge in [0.1, 0.15) is 0 Å². The number of hydrogen-bond acceptors (Lipinski definition) is 2. The minimum atomic E-state index is 0.322. The maximum atomic E-state index is 8.65. The normalized spacial score (nSPS) is 11.1. The third-order valence-corrected chi connectivity index (χ3v) is 2.07. The lowest BCUT2D eigenvalue weighted by Gasteiger charge is -1.98. The molecule has 2 nitrogen and oxygen atoms in total. The van der Waals surface area contributed by atoms with Gasteiger partial charge in [0.25, 0.3) is 0 Å². The van der Waals surface area contributed by atoms with Crippen molar-refractivity contribution in [2.24, 2.45) is 5.73 Å². The lowest BCUT2D eigenvalue weighted by Crippen LogP contribution is -2.01. The van der Waals surface area contributed by atoms with Gasteiger partial charge in [-0.3, -0.25) is 0 Å². The number of benzene rings is 1. The fourth-order valence-electron chi connectivity index (χ4n) is 1.14. The van der Waals surface area contributed by atoms with E-state index in [1.807, 2.05) is 6.08 Å². The van der Waals surface area contributed by atoms with Crippen LogP contribution in [-0.2, 0) is 6.42 Å². The van der Waals surface area contributed by atoms with Crippen molar-refractivity contribution in [1.29, 1.82) is 5.26 Å². The summed E-state index contributed by atoms with van der Waals surface area (Å²) >= 11 is 0. The Hall–Kier alpha value is -1.59. The minimum absolute atomic E-state index is 0.322. The SMILES string of the molecule is Cc1ccc(C/C=C(/C#N)CN)cc1. The van der Waals surface area contributed by atoms with E-state index in [0.717, 1.165) is 6.42 Å². The molecule has 2 N–H and O–H groups in total. The smallest absolute Gasteiger partial charge is 0.0957 e. The third-order valence-electron chi connectivity index (χ3n) is 2.07. The summed E-state index contributed by atoms with van der Waals surface area (Å²) in [5.41, 5.74) is 8.48. The zero-order valence-corrected chi connectivity index (χ0v) is 8.33. The first-order valence-electron chi connectivity index (χ1n) is 4.61. The second-order valence-electron chi connectivity index (χ2n) is 3.24. The van der Waals surface area contributed by atoms with Gasteiger partial charge in [-0.15, -0.1) is 0 Å². The van der Waals surface area contributed by atoms with Crippen molar-refractivity contribution in [3.05, 3.63) is 47.0 Å². The quantitative estimate of drug-likeness (QED) is 0.733. The molecule has 0 spiro atoms. The third kappa shape index (κ3) is 3.04. The van der Waals surface area contributed by atoms with E-state index in [1.54, 1.807) is 0 Å². The summed E-state index contributed by atoms with van der Waals surface area (Å²) in [5.74, 6) is 0. The molecule has 0 bridgehead atoms. The van der Waals surface area contributed by atoms with Crippen molar-refractivity contribution >= 4 is 0 Å². The van der Waals surface area contributed by atoms with Crippen LogP contribution < -0.4 is 5.73 Å². The number of nitrogens with two attached hydrogens (primary N) is 1. The Morgan fingerprint density at radius 1 is 1.43 bits per heavy atom. The molecular formula is C12H14N2. The first kappa shape index (κ1) is 10.5. The molecule has 2 heteroatoms. The number of nitrogens with zero attached hydrogens (tertiary/aromatic N) is 1. The van der Waals surface area contributed by atoms with Gasteiger partial charge in [-0.1, -0.05) is 35.9 Å². The Kier molecular flexibility index (Phi) is 3.90. The highest BCUT2D eigenvalue weighted by molar-refractivity contribution is 5.27. The van der Waals surface area contributed by atoms with Crippen LogP contribution in [0.1, 0.15) is 11.1 Å². The van der Waals surface area contributed by atoms with Crippen LogP contribution in [0.4, 0.5) is 0 Å². The zero-order valence-electron chi connectivity index (χ0n) is 8.33. The van der Waals surface area contributed by atoms with E-state index >= 15 is 0 Å². The van der Waals surface area contributed by atoms with Crippen LogP contribution in [0, 0.1) is 18.3 Å². The number of allylic oxidation sites excluding steroid dienone is 1. The van der Waals surface area contributed by atoms with Crippen molar-refractivity contribution in [2.45, 2.75) is 13.3 Å². The zero-order chi connectivity index (χ0) is 10.4. The Morgan fingerprint density at radius 2 is 2.07 bits per heavy atom. The van der Waals surface area contributed by atoms with Crippen LogP contribution in [0.15, 0.2) is 35.9 Å². The lowest BCUT2D eigenvalue weighted by atomic mass is 10.1. The van der Waals surface area contributed by atoms with E-state index < -0.39 is 0 Å². The fraction of sp³-hybridized carbons (Fsp3) is 0.250. The first-order chi connectivity index (χ1) is 6.76. The average Bonchev–Trinajstić information content (AvgIpc) is 2.22. The lowest BCUT2D eigenvalue weighted by molar-refractivity contribution is 1.14. The molecule has 0 saturated carbocycles. The van der Waals surface area contributed by atoms with Gasteiger partial charge < -0.3 is 5.73 Å². The van der Waals surface area contributed by atoms with Gasteiger partial charge in [-0.25, -0.2) is 0 Å². The monoisotopic (exact) mass is 186 g/mol. The summed E-state index contributed by atoms with van der Waals surface area (Å²) in [6.07, 6.45) is 2.66. The molecule has 0 aliphatic rings. The summed E-state index contributed by atoms with van der Waals surface area (Å²) < 4.78 is 0. The highest BCUT2D eigenvalue weighted by Crippen LogP contribution is 2.05. The molecule has 0 amide bonds. The molecule has 0 aromatic heterocycles. The van der Waals surface area contributed by atoms with Gasteiger partial charge in [0.05, 0.1) is 6.07 Å². The fourth-order valence-corrected chi connectivity index (χ4v) is 1.14. The van der Waals surface area contributed by atoms with Crippen LogP contribution in [-0.4, -0.2) is 6.54 Å². The molecule has 0 aliphatic heterocycles. The Labute approximate surface area is 84.7 Å². The average molecular weight is 186 g/mol. The van der Waals surface area contributed by atoms with Crippen molar-refractivity contribution in [3.8, 4) is 6.07 Å². The van der Waals surface area contributed by atoms with Gasteiger partial charge >= 0.3 is 0 Å². The molecule has 1 aromatic carbocycles. The van der Waals surface area contributed by atoms with Crippen molar-refractivity contribution in [2.75, 3.05) is 6.54 Å². The summed E-state index contributed by atoms with van der Waals surface area (Å²) in [6.45, 7) is 2.38. The predicted molar refractivity (Wildman–Crippen MR) is 57.6 cm³/mol. The van der Waals surface area contributed by atoms with Gasteiger partial charge in [0.2, 0.25) is 0 Å². The number of hydrogen-bond donors (Lipinski definition) is 1. The van der Waals surface area contributed by atoms with Gasteiger partial charge in [0.15, 0.2) is 0 Å². The molecule has 0 radical (unpaired) electrons. The van der Waals surface area contributed by atoms with Crippen LogP contribution >= 0.6 is 0 Å². The van der Waals surface area contributed by atoms with E-state index in [2.05, 4.69) is 37.3 Å². The molecule has 14 heavy (non-hydrogen) atoms. The molecule has 0 unspecified atom stereocenters. The van der Waals surface area contributed by atoms with Gasteiger partial charge in [-0.2, -0.15) is 5.26 Å². The van der Waals surface area contributed by atoms with Crippen LogP contribution in [0.3, 0.4) is 0 Å². The first-order valence-corrected chi connectivity index (χ1v) is 4.61. The molecule has 0 saturated heterocycles. The minimum Gasteiger partial charge on any atom is -0.326 e. The second kappa shape index (κ2) is 5.21. The molecule has 0 fully saturated rings. The van der Waals surface area contributed by atoms with Crippen LogP contribution in [0.5, 0.6) is 0 Å². The Bertz CT molecular complexity index is 355. The topological polar surface area (TPSA) is 49.8 Å². The van der Waals surface area contributed by atoms with Crippen LogP contribution in [0.25, 0.3) is 0 Å². The van der Waals surface area contributed by atoms with Crippen molar-refractivity contribution in [3.63, 3.8) is 0 Å². The number of aryl methyl sites for hydroxylation is 1. The van der Waals surface area contributed by atoms with E-state index in [-0.39, 0.29) is 0 Å². The molecule has 0 heterocycles. The highest BCUT2D eigenvalue weighted by Gasteiger charge is 1.92. The van der Waals surface area contributed by atoms with E-state index in [1.165, 1.54) is 11.1 Å². The number of nitriles is 1. The molecule has 0 atom stereocenters. The Balaban J connectivity index is 2.66. The summed E-state index contributed by atoms with van der Waals surface area (Å²) in [4.78, 5) is 0. The largest absolute Gasteiger partial charge is 0.326 e. The summed E-state index contributed by atoms with van der Waals surface area (Å²) in [7, 11) is 0. The second-order valence-corrected chi connectivity index (χ2v) is 3.24. The summed E-state index contributed by atoms with van der Waals surface area (Å²) in [5, 5.41) is 8.65. The van der Waals surface area contributed by atoms with E-state index in [4.69, 9.17) is 11.0 Å². The predicted octanol–water partition coefficient (Wildman–Crippen LogP) is 1.95. The van der Waals surface area contributed by atoms with E-state index in [9.17, 15) is 0 Å². The molecule has 0 aliphatic carbocycles. The molecule has 72 valence electrons. The van der Waals surface area contributed by atoms with Crippen LogP contribution in [0.2, 0.25) is 0 Å². The van der Waals surface area contributed by atoms with Gasteiger partial charge in [0, 0.05) is 12.1 Å². The molecule has 1 aromatic rings. The number of rotatable bonds is 3. The Morgan fingerprint density at radius 3 is 2.57 bits per heavy atom. The molecular weight excluding hydrogens is 172 g/mol. The maximum absolute atomic E-state index is 8.65. The standard InChI is InChI=1S/C12H14N2/c1-10-2-4-11(5-3-10)6-7-12(8-13)9-14/h2-5,7H,6,8,13H2,1H3/b12-7+.